The monoisotopic (exact) mass is 257 g/mol. The summed E-state index contributed by atoms with van der Waals surface area (Å²) in [5.41, 5.74) is 1.20. The molecular formula is C13H15N5O. The molecule has 2 aromatic heterocycles. The smallest absolute Gasteiger partial charge is 0.254 e. The summed E-state index contributed by atoms with van der Waals surface area (Å²) in [5.74, 6) is 0.508. The Labute approximate surface area is 111 Å². The van der Waals surface area contributed by atoms with Crippen molar-refractivity contribution in [1.29, 1.82) is 0 Å². The van der Waals surface area contributed by atoms with E-state index in [1.54, 1.807) is 12.3 Å². The minimum absolute atomic E-state index is 0.193. The number of aromatic nitrogens is 4. The molecule has 0 spiro atoms. The molecule has 0 fully saturated rings. The first-order chi connectivity index (χ1) is 9.20. The van der Waals surface area contributed by atoms with Crippen LogP contribution in [-0.4, -0.2) is 25.8 Å². The van der Waals surface area contributed by atoms with Crippen LogP contribution in [0.2, 0.25) is 0 Å². The van der Waals surface area contributed by atoms with E-state index in [2.05, 4.69) is 25.3 Å². The molecule has 98 valence electrons. The van der Waals surface area contributed by atoms with Crippen LogP contribution in [0.5, 0.6) is 0 Å². The molecule has 0 unspecified atom stereocenters. The molecule has 0 aliphatic rings. The average Bonchev–Trinajstić information content (AvgIpc) is 2.48. The summed E-state index contributed by atoms with van der Waals surface area (Å²) in [6.45, 7) is 3.83. The third kappa shape index (κ3) is 3.31. The number of carbonyl (C=O) groups excluding carboxylic acids is 1. The zero-order chi connectivity index (χ0) is 13.7. The highest BCUT2D eigenvalue weighted by molar-refractivity contribution is 5.93. The van der Waals surface area contributed by atoms with Gasteiger partial charge in [0.2, 0.25) is 0 Å². The van der Waals surface area contributed by atoms with Crippen molar-refractivity contribution in [2.75, 3.05) is 0 Å². The van der Waals surface area contributed by atoms with Crippen molar-refractivity contribution in [3.05, 3.63) is 48.1 Å². The van der Waals surface area contributed by atoms with Crippen molar-refractivity contribution in [1.82, 2.24) is 25.3 Å². The molecule has 6 nitrogen and oxygen atoms in total. The van der Waals surface area contributed by atoms with E-state index >= 15 is 0 Å². The van der Waals surface area contributed by atoms with Crippen molar-refractivity contribution >= 4 is 5.91 Å². The molecule has 0 aromatic carbocycles. The van der Waals surface area contributed by atoms with Crippen LogP contribution in [0.3, 0.4) is 0 Å². The number of nitrogens with zero attached hydrogens (tertiary/aromatic N) is 4. The van der Waals surface area contributed by atoms with Gasteiger partial charge in [0, 0.05) is 25.0 Å². The normalized spacial score (nSPS) is 11.9. The lowest BCUT2D eigenvalue weighted by molar-refractivity contribution is 0.0938. The highest BCUT2D eigenvalue weighted by atomic mass is 16.1. The molecular weight excluding hydrogens is 242 g/mol. The summed E-state index contributed by atoms with van der Waals surface area (Å²) in [4.78, 5) is 28.1. The van der Waals surface area contributed by atoms with Crippen LogP contribution < -0.4 is 5.32 Å². The van der Waals surface area contributed by atoms with Gasteiger partial charge in [0.1, 0.15) is 12.2 Å². The van der Waals surface area contributed by atoms with Crippen LogP contribution in [0.4, 0.5) is 0 Å². The maximum atomic E-state index is 12.0. The Morgan fingerprint density at radius 1 is 1.32 bits per heavy atom. The topological polar surface area (TPSA) is 80.7 Å². The van der Waals surface area contributed by atoms with E-state index in [9.17, 15) is 4.79 Å². The first-order valence-corrected chi connectivity index (χ1v) is 6.08. The second kappa shape index (κ2) is 5.99. The zero-order valence-corrected chi connectivity index (χ0v) is 10.9. The number of aryl methyl sites for hydroxylation is 1. The highest BCUT2D eigenvalue weighted by Gasteiger charge is 2.12. The third-order valence-corrected chi connectivity index (χ3v) is 2.68. The Morgan fingerprint density at radius 3 is 2.63 bits per heavy atom. The van der Waals surface area contributed by atoms with Crippen LogP contribution in [0.1, 0.15) is 41.8 Å². The van der Waals surface area contributed by atoms with Gasteiger partial charge in [-0.25, -0.2) is 19.9 Å². The van der Waals surface area contributed by atoms with Crippen molar-refractivity contribution in [3.8, 4) is 0 Å². The fraction of sp³-hybridized carbons (Fsp3) is 0.308. The molecule has 0 aliphatic carbocycles. The Kier molecular flexibility index (Phi) is 4.12. The molecule has 1 amide bonds. The summed E-state index contributed by atoms with van der Waals surface area (Å²) in [7, 11) is 0. The predicted octanol–water partition coefficient (Wildman–Crippen LogP) is 1.32. The van der Waals surface area contributed by atoms with E-state index in [0.717, 1.165) is 17.9 Å². The van der Waals surface area contributed by atoms with E-state index in [4.69, 9.17) is 0 Å². The summed E-state index contributed by atoms with van der Waals surface area (Å²) in [6, 6.07) is 1.57. The van der Waals surface area contributed by atoms with Crippen LogP contribution in [-0.2, 0) is 6.42 Å². The van der Waals surface area contributed by atoms with Gasteiger partial charge < -0.3 is 5.32 Å². The number of carbonyl (C=O) groups is 1. The molecule has 1 atom stereocenters. The molecule has 0 radical (unpaired) electrons. The number of hydrogen-bond donors (Lipinski definition) is 1. The number of nitrogens with one attached hydrogen (secondary N) is 1. The van der Waals surface area contributed by atoms with Gasteiger partial charge in [-0.05, 0) is 13.0 Å². The molecule has 6 heteroatoms. The lowest BCUT2D eigenvalue weighted by Gasteiger charge is -2.12. The van der Waals surface area contributed by atoms with Crippen LogP contribution in [0.15, 0.2) is 31.0 Å². The van der Waals surface area contributed by atoms with Gasteiger partial charge in [0.25, 0.3) is 5.91 Å². The van der Waals surface area contributed by atoms with Crippen LogP contribution in [0, 0.1) is 0 Å². The highest BCUT2D eigenvalue weighted by Crippen LogP contribution is 2.08. The maximum Gasteiger partial charge on any atom is 0.254 e. The number of rotatable bonds is 4. The van der Waals surface area contributed by atoms with Gasteiger partial charge in [-0.2, -0.15) is 0 Å². The van der Waals surface area contributed by atoms with E-state index < -0.39 is 0 Å². The van der Waals surface area contributed by atoms with Gasteiger partial charge in [0.05, 0.1) is 17.3 Å². The quantitative estimate of drug-likeness (QED) is 0.893. The minimum Gasteiger partial charge on any atom is -0.344 e. The molecule has 0 saturated carbocycles. The summed E-state index contributed by atoms with van der Waals surface area (Å²) in [6.07, 6.45) is 6.92. The van der Waals surface area contributed by atoms with Crippen molar-refractivity contribution < 1.29 is 4.79 Å². The Balaban J connectivity index is 2.04. The standard InChI is InChI=1S/C13H15N5O/c1-3-12-15-6-10(7-16-12)13(19)18-9(2)11-4-5-14-8-17-11/h4-9H,3H2,1-2H3,(H,18,19)/t9-/m1/s1. The SMILES string of the molecule is CCc1ncc(C(=O)N[C@H](C)c2ccncn2)cn1. The molecule has 2 heterocycles. The summed E-state index contributed by atoms with van der Waals surface area (Å²) in [5, 5.41) is 2.84. The average molecular weight is 257 g/mol. The van der Waals surface area contributed by atoms with Gasteiger partial charge in [-0.3, -0.25) is 4.79 Å². The Morgan fingerprint density at radius 2 is 2.05 bits per heavy atom. The summed E-state index contributed by atoms with van der Waals surface area (Å²) < 4.78 is 0. The lowest BCUT2D eigenvalue weighted by Crippen LogP contribution is -2.27. The van der Waals surface area contributed by atoms with Crippen molar-refractivity contribution in [2.24, 2.45) is 0 Å². The van der Waals surface area contributed by atoms with Gasteiger partial charge in [-0.1, -0.05) is 6.92 Å². The molecule has 1 N–H and O–H groups in total. The zero-order valence-electron chi connectivity index (χ0n) is 10.9. The largest absolute Gasteiger partial charge is 0.344 e. The minimum atomic E-state index is -0.214. The first kappa shape index (κ1) is 13.1. The van der Waals surface area contributed by atoms with E-state index in [-0.39, 0.29) is 11.9 Å². The number of hydrogen-bond acceptors (Lipinski definition) is 5. The second-order valence-electron chi connectivity index (χ2n) is 4.07. The predicted molar refractivity (Wildman–Crippen MR) is 69.3 cm³/mol. The molecule has 0 aliphatic heterocycles. The number of amides is 1. The Hall–Kier alpha value is -2.37. The first-order valence-electron chi connectivity index (χ1n) is 6.08. The molecule has 0 bridgehead atoms. The summed E-state index contributed by atoms with van der Waals surface area (Å²) >= 11 is 0. The second-order valence-corrected chi connectivity index (χ2v) is 4.07. The molecule has 0 saturated heterocycles. The van der Waals surface area contributed by atoms with E-state index in [0.29, 0.717) is 5.56 Å². The molecule has 2 aromatic rings. The van der Waals surface area contributed by atoms with E-state index in [1.807, 2.05) is 13.8 Å². The fourth-order valence-electron chi connectivity index (χ4n) is 1.57. The van der Waals surface area contributed by atoms with E-state index in [1.165, 1.54) is 18.7 Å². The molecule has 19 heavy (non-hydrogen) atoms. The molecule has 2 rings (SSSR count). The van der Waals surface area contributed by atoms with Crippen molar-refractivity contribution in [2.45, 2.75) is 26.3 Å². The van der Waals surface area contributed by atoms with Gasteiger partial charge in [0.15, 0.2) is 0 Å². The fourth-order valence-corrected chi connectivity index (χ4v) is 1.57. The van der Waals surface area contributed by atoms with Crippen LogP contribution in [0.25, 0.3) is 0 Å². The Bertz CT molecular complexity index is 541. The van der Waals surface area contributed by atoms with Crippen LogP contribution >= 0.6 is 0 Å². The van der Waals surface area contributed by atoms with Gasteiger partial charge in [-0.15, -0.1) is 0 Å². The lowest BCUT2D eigenvalue weighted by atomic mass is 10.2. The third-order valence-electron chi connectivity index (χ3n) is 2.68. The maximum absolute atomic E-state index is 12.0. The van der Waals surface area contributed by atoms with Crippen molar-refractivity contribution in [3.63, 3.8) is 0 Å². The van der Waals surface area contributed by atoms with Gasteiger partial charge >= 0.3 is 0 Å².